The molecule has 1 unspecified atom stereocenters. The van der Waals surface area contributed by atoms with Crippen LogP contribution in [0.5, 0.6) is 0 Å². The molecule has 0 spiro atoms. The summed E-state index contributed by atoms with van der Waals surface area (Å²) >= 11 is 1.31. The Balaban J connectivity index is 1.84. The number of esters is 1. The average Bonchev–Trinajstić information content (AvgIpc) is 3.32. The number of thioether (sulfide) groups is 1. The molecule has 8 nitrogen and oxygen atoms in total. The highest BCUT2D eigenvalue weighted by molar-refractivity contribution is 8.00. The molecule has 3 heterocycles. The Bertz CT molecular complexity index is 1050. The summed E-state index contributed by atoms with van der Waals surface area (Å²) in [5, 5.41) is 8.63. The second kappa shape index (κ2) is 7.67. The van der Waals surface area contributed by atoms with Crippen LogP contribution in [-0.2, 0) is 11.8 Å². The van der Waals surface area contributed by atoms with Crippen molar-refractivity contribution < 1.29 is 18.7 Å². The number of aromatic amines is 1. The van der Waals surface area contributed by atoms with Crippen LogP contribution in [0.15, 0.2) is 21.9 Å². The minimum Gasteiger partial charge on any atom is -0.469 e. The van der Waals surface area contributed by atoms with Gasteiger partial charge in [0.25, 0.3) is 0 Å². The van der Waals surface area contributed by atoms with E-state index in [4.69, 9.17) is 9.15 Å². The Kier molecular flexibility index (Phi) is 5.46. The molecule has 0 radical (unpaired) electrons. The van der Waals surface area contributed by atoms with Gasteiger partial charge >= 0.3 is 5.97 Å². The fourth-order valence-electron chi connectivity index (χ4n) is 3.09. The van der Waals surface area contributed by atoms with Crippen LogP contribution in [0.3, 0.4) is 0 Å². The summed E-state index contributed by atoms with van der Waals surface area (Å²) in [5.74, 6) is 0.848. The molecule has 0 aromatic carbocycles. The van der Waals surface area contributed by atoms with Gasteiger partial charge in [-0.2, -0.15) is 0 Å². The van der Waals surface area contributed by atoms with Crippen LogP contribution in [0, 0.1) is 20.8 Å². The molecule has 0 saturated carbocycles. The zero-order chi connectivity index (χ0) is 20.6. The van der Waals surface area contributed by atoms with Gasteiger partial charge in [-0.3, -0.25) is 4.79 Å². The van der Waals surface area contributed by atoms with E-state index in [2.05, 4.69) is 15.2 Å². The molecule has 0 aliphatic rings. The molecule has 148 valence electrons. The van der Waals surface area contributed by atoms with Crippen molar-refractivity contribution in [3.63, 3.8) is 0 Å². The first kappa shape index (κ1) is 19.9. The Morgan fingerprint density at radius 3 is 2.61 bits per heavy atom. The van der Waals surface area contributed by atoms with Gasteiger partial charge < -0.3 is 18.7 Å². The van der Waals surface area contributed by atoms with Gasteiger partial charge in [0.05, 0.1) is 35.4 Å². The number of furan rings is 1. The number of ether oxygens (including phenoxy) is 1. The normalized spacial score (nSPS) is 12.2. The van der Waals surface area contributed by atoms with Crippen LogP contribution >= 0.6 is 11.8 Å². The van der Waals surface area contributed by atoms with Gasteiger partial charge in [0.2, 0.25) is 0 Å². The standard InChI is InChI=1S/C19H22N4O4S/c1-9-14(18(25)26-6)10(2)20-15(9)16(24)12(4)28-19-22-21-17(23(19)5)13-7-8-27-11(13)3/h7-8,12,20H,1-6H3. The molecule has 3 aromatic heterocycles. The lowest BCUT2D eigenvalue weighted by Gasteiger charge is -2.10. The lowest BCUT2D eigenvalue weighted by atomic mass is 10.1. The van der Waals surface area contributed by atoms with E-state index in [9.17, 15) is 9.59 Å². The maximum Gasteiger partial charge on any atom is 0.339 e. The number of Topliss-reactive ketones (excluding diaryl/α,β-unsaturated/α-hetero) is 1. The Morgan fingerprint density at radius 2 is 2.00 bits per heavy atom. The number of aryl methyl sites for hydroxylation is 2. The zero-order valence-corrected chi connectivity index (χ0v) is 17.4. The van der Waals surface area contributed by atoms with Crippen LogP contribution in [0.2, 0.25) is 0 Å². The summed E-state index contributed by atoms with van der Waals surface area (Å²) in [7, 11) is 3.17. The Morgan fingerprint density at radius 1 is 1.29 bits per heavy atom. The number of H-pyrrole nitrogens is 1. The number of rotatable bonds is 6. The maximum absolute atomic E-state index is 13.0. The van der Waals surface area contributed by atoms with Gasteiger partial charge in [0, 0.05) is 12.7 Å². The highest BCUT2D eigenvalue weighted by Crippen LogP contribution is 2.30. The SMILES string of the molecule is COC(=O)c1c(C)[nH]c(C(=O)C(C)Sc2nnc(-c3ccoc3C)n2C)c1C. The molecule has 0 aliphatic heterocycles. The molecule has 9 heteroatoms. The maximum atomic E-state index is 13.0. The molecule has 28 heavy (non-hydrogen) atoms. The number of carbonyl (C=O) groups is 2. The van der Waals surface area contributed by atoms with Crippen LogP contribution < -0.4 is 0 Å². The smallest absolute Gasteiger partial charge is 0.339 e. The van der Waals surface area contributed by atoms with Crippen molar-refractivity contribution in [1.29, 1.82) is 0 Å². The lowest BCUT2D eigenvalue weighted by molar-refractivity contribution is 0.0599. The first-order valence-electron chi connectivity index (χ1n) is 8.68. The van der Waals surface area contributed by atoms with Gasteiger partial charge in [0.15, 0.2) is 16.8 Å². The number of aromatic nitrogens is 4. The third kappa shape index (κ3) is 3.37. The molecule has 3 aromatic rings. The molecule has 1 N–H and O–H groups in total. The minimum atomic E-state index is -0.459. The molecule has 0 saturated heterocycles. The van der Waals surface area contributed by atoms with Gasteiger partial charge in [-0.1, -0.05) is 11.8 Å². The zero-order valence-electron chi connectivity index (χ0n) is 16.6. The number of hydrogen-bond acceptors (Lipinski definition) is 7. The van der Waals surface area contributed by atoms with Crippen molar-refractivity contribution in [1.82, 2.24) is 19.7 Å². The number of methoxy groups -OCH3 is 1. The fraction of sp³-hybridized carbons (Fsp3) is 0.368. The van der Waals surface area contributed by atoms with Crippen molar-refractivity contribution in [2.45, 2.75) is 38.1 Å². The van der Waals surface area contributed by atoms with E-state index in [0.717, 1.165) is 11.3 Å². The van der Waals surface area contributed by atoms with Crippen LogP contribution in [0.25, 0.3) is 11.4 Å². The Hall–Kier alpha value is -2.81. The molecule has 0 bridgehead atoms. The van der Waals surface area contributed by atoms with Crippen molar-refractivity contribution in [2.24, 2.45) is 7.05 Å². The van der Waals surface area contributed by atoms with E-state index >= 15 is 0 Å². The third-order valence-electron chi connectivity index (χ3n) is 4.66. The summed E-state index contributed by atoms with van der Waals surface area (Å²) in [6.07, 6.45) is 1.60. The van der Waals surface area contributed by atoms with Crippen molar-refractivity contribution in [2.75, 3.05) is 7.11 Å². The highest BCUT2D eigenvalue weighted by atomic mass is 32.2. The lowest BCUT2D eigenvalue weighted by Crippen LogP contribution is -2.16. The number of hydrogen-bond donors (Lipinski definition) is 1. The van der Waals surface area contributed by atoms with E-state index in [1.54, 1.807) is 27.0 Å². The average molecular weight is 402 g/mol. The summed E-state index contributed by atoms with van der Waals surface area (Å²) in [6, 6.07) is 1.84. The molecule has 0 amide bonds. The third-order valence-corrected chi connectivity index (χ3v) is 5.79. The first-order valence-corrected chi connectivity index (χ1v) is 9.56. The van der Waals surface area contributed by atoms with E-state index < -0.39 is 11.2 Å². The predicted molar refractivity (Wildman–Crippen MR) is 105 cm³/mol. The van der Waals surface area contributed by atoms with E-state index in [1.165, 1.54) is 18.9 Å². The fourth-order valence-corrected chi connectivity index (χ4v) is 3.96. The minimum absolute atomic E-state index is 0.121. The summed E-state index contributed by atoms with van der Waals surface area (Å²) < 4.78 is 12.0. The molecule has 0 aliphatic carbocycles. The summed E-state index contributed by atoms with van der Waals surface area (Å²) in [5.41, 5.74) is 2.88. The number of carbonyl (C=O) groups excluding carboxylic acids is 2. The van der Waals surface area contributed by atoms with Gasteiger partial charge in [-0.25, -0.2) is 4.79 Å². The second-order valence-electron chi connectivity index (χ2n) is 6.50. The van der Waals surface area contributed by atoms with Crippen LogP contribution in [0.4, 0.5) is 0 Å². The molecule has 0 fully saturated rings. The number of ketones is 1. The molecular formula is C19H22N4O4S. The highest BCUT2D eigenvalue weighted by Gasteiger charge is 2.27. The van der Waals surface area contributed by atoms with Crippen LogP contribution in [0.1, 0.15) is 44.8 Å². The number of nitrogens with zero attached hydrogens (tertiary/aromatic N) is 3. The van der Waals surface area contributed by atoms with Crippen LogP contribution in [-0.4, -0.2) is 43.9 Å². The van der Waals surface area contributed by atoms with Gasteiger partial charge in [0.1, 0.15) is 5.76 Å². The second-order valence-corrected chi connectivity index (χ2v) is 7.80. The Labute approximate surface area is 166 Å². The first-order chi connectivity index (χ1) is 13.3. The summed E-state index contributed by atoms with van der Waals surface area (Å²) in [4.78, 5) is 27.9. The van der Waals surface area contributed by atoms with Gasteiger partial charge in [-0.15, -0.1) is 10.2 Å². The molecular weight excluding hydrogens is 380 g/mol. The summed E-state index contributed by atoms with van der Waals surface area (Å²) in [6.45, 7) is 7.15. The van der Waals surface area contributed by atoms with Gasteiger partial charge in [-0.05, 0) is 39.3 Å². The molecule has 1 atom stereocenters. The van der Waals surface area contributed by atoms with Crippen molar-refractivity contribution >= 4 is 23.5 Å². The molecule has 3 rings (SSSR count). The van der Waals surface area contributed by atoms with E-state index in [1.807, 2.05) is 24.6 Å². The predicted octanol–water partition coefficient (Wildman–Crippen LogP) is 3.48. The van der Waals surface area contributed by atoms with E-state index in [0.29, 0.717) is 33.5 Å². The largest absolute Gasteiger partial charge is 0.469 e. The number of nitrogens with one attached hydrogen (secondary N) is 1. The van der Waals surface area contributed by atoms with Crippen molar-refractivity contribution in [3.05, 3.63) is 40.6 Å². The topological polar surface area (TPSA) is 103 Å². The van der Waals surface area contributed by atoms with Crippen molar-refractivity contribution in [3.8, 4) is 11.4 Å². The monoisotopic (exact) mass is 402 g/mol. The van der Waals surface area contributed by atoms with E-state index in [-0.39, 0.29) is 5.78 Å². The quantitative estimate of drug-likeness (QED) is 0.382.